The Labute approximate surface area is 132 Å². The third-order valence-electron chi connectivity index (χ3n) is 3.78. The summed E-state index contributed by atoms with van der Waals surface area (Å²) in [6.45, 7) is 3.36. The van der Waals surface area contributed by atoms with Crippen molar-refractivity contribution < 1.29 is 22.7 Å². The molecule has 7 heteroatoms. The zero-order chi connectivity index (χ0) is 17.3. The normalized spacial score (nSPS) is 19.3. The van der Waals surface area contributed by atoms with Crippen molar-refractivity contribution in [2.45, 2.75) is 26.1 Å². The van der Waals surface area contributed by atoms with Gasteiger partial charge in [0.1, 0.15) is 11.5 Å². The summed E-state index contributed by atoms with van der Waals surface area (Å²) < 4.78 is 44.8. The van der Waals surface area contributed by atoms with Crippen LogP contribution in [0.25, 0.3) is 0 Å². The van der Waals surface area contributed by atoms with E-state index in [0.717, 1.165) is 6.07 Å². The summed E-state index contributed by atoms with van der Waals surface area (Å²) in [4.78, 5) is 13.7. The molecule has 1 aliphatic heterocycles. The summed E-state index contributed by atoms with van der Waals surface area (Å²) in [6, 6.07) is 7.10. The van der Waals surface area contributed by atoms with Gasteiger partial charge in [-0.05, 0) is 25.5 Å². The monoisotopic (exact) mass is 326 g/mol. The highest BCUT2D eigenvalue weighted by molar-refractivity contribution is 5.84. The number of nitriles is 1. The van der Waals surface area contributed by atoms with Gasteiger partial charge >= 0.3 is 6.18 Å². The van der Waals surface area contributed by atoms with Crippen molar-refractivity contribution in [3.05, 3.63) is 35.4 Å². The first kappa shape index (κ1) is 17.3. The highest BCUT2D eigenvalue weighted by Crippen LogP contribution is 2.37. The molecule has 0 aliphatic carbocycles. The summed E-state index contributed by atoms with van der Waals surface area (Å²) in [5, 5.41) is 9.05. The SMILES string of the molecule is CC(C)(C#N)C(=O)N1CCOC(c2ccccc2C(F)(F)F)C1. The van der Waals surface area contributed by atoms with Crippen LogP contribution < -0.4 is 0 Å². The fourth-order valence-corrected chi connectivity index (χ4v) is 2.50. The fourth-order valence-electron chi connectivity index (χ4n) is 2.50. The van der Waals surface area contributed by atoms with Crippen LogP contribution in [0.1, 0.15) is 31.1 Å². The van der Waals surface area contributed by atoms with Gasteiger partial charge in [0.15, 0.2) is 0 Å². The summed E-state index contributed by atoms with van der Waals surface area (Å²) in [5.41, 5.74) is -1.98. The zero-order valence-electron chi connectivity index (χ0n) is 12.9. The van der Waals surface area contributed by atoms with Crippen molar-refractivity contribution in [2.75, 3.05) is 19.7 Å². The molecule has 1 fully saturated rings. The van der Waals surface area contributed by atoms with Crippen LogP contribution in [0.5, 0.6) is 0 Å². The van der Waals surface area contributed by atoms with E-state index in [2.05, 4.69) is 0 Å². The van der Waals surface area contributed by atoms with Crippen molar-refractivity contribution in [3.8, 4) is 6.07 Å². The molecule has 1 atom stereocenters. The van der Waals surface area contributed by atoms with Gasteiger partial charge in [-0.2, -0.15) is 18.4 Å². The van der Waals surface area contributed by atoms with Crippen molar-refractivity contribution in [3.63, 3.8) is 0 Å². The number of amides is 1. The molecule has 1 aliphatic rings. The molecule has 4 nitrogen and oxygen atoms in total. The van der Waals surface area contributed by atoms with E-state index in [-0.39, 0.29) is 25.3 Å². The van der Waals surface area contributed by atoms with E-state index < -0.39 is 29.2 Å². The second-order valence-corrected chi connectivity index (χ2v) is 5.93. The van der Waals surface area contributed by atoms with E-state index >= 15 is 0 Å². The highest BCUT2D eigenvalue weighted by Gasteiger charge is 2.39. The van der Waals surface area contributed by atoms with Crippen molar-refractivity contribution in [1.29, 1.82) is 5.26 Å². The molecular weight excluding hydrogens is 309 g/mol. The predicted octanol–water partition coefficient (Wildman–Crippen LogP) is 3.16. The number of nitrogens with zero attached hydrogens (tertiary/aromatic N) is 2. The Balaban J connectivity index is 2.27. The number of benzene rings is 1. The minimum atomic E-state index is -4.49. The maximum atomic E-state index is 13.1. The van der Waals surface area contributed by atoms with Crippen molar-refractivity contribution in [2.24, 2.45) is 5.41 Å². The standard InChI is InChI=1S/C16H17F3N2O2/c1-15(2,10-20)14(22)21-7-8-23-13(9-21)11-5-3-4-6-12(11)16(17,18)19/h3-6,13H,7-9H2,1-2H3. The van der Waals surface area contributed by atoms with Crippen LogP contribution in [-0.4, -0.2) is 30.5 Å². The van der Waals surface area contributed by atoms with Crippen LogP contribution in [0.3, 0.4) is 0 Å². The molecule has 0 aromatic heterocycles. The first-order chi connectivity index (χ1) is 10.7. The van der Waals surface area contributed by atoms with Gasteiger partial charge in [-0.15, -0.1) is 0 Å². The number of halogens is 3. The van der Waals surface area contributed by atoms with Gasteiger partial charge in [0.2, 0.25) is 5.91 Å². The Hall–Kier alpha value is -2.07. The second-order valence-electron chi connectivity index (χ2n) is 5.93. The molecule has 0 spiro atoms. The van der Waals surface area contributed by atoms with Gasteiger partial charge in [-0.3, -0.25) is 4.79 Å². The second kappa shape index (κ2) is 6.20. The van der Waals surface area contributed by atoms with Gasteiger partial charge in [-0.1, -0.05) is 18.2 Å². The number of carbonyl (C=O) groups excluding carboxylic acids is 1. The molecule has 1 heterocycles. The molecule has 1 unspecified atom stereocenters. The van der Waals surface area contributed by atoms with Crippen molar-refractivity contribution in [1.82, 2.24) is 4.90 Å². The zero-order valence-corrected chi connectivity index (χ0v) is 12.9. The summed E-state index contributed by atoms with van der Waals surface area (Å²) >= 11 is 0. The number of hydrogen-bond acceptors (Lipinski definition) is 3. The fraction of sp³-hybridized carbons (Fsp3) is 0.500. The van der Waals surface area contributed by atoms with Gasteiger partial charge in [0.25, 0.3) is 0 Å². The smallest absolute Gasteiger partial charge is 0.370 e. The van der Waals surface area contributed by atoms with Gasteiger partial charge in [-0.25, -0.2) is 0 Å². The van der Waals surface area contributed by atoms with Crippen molar-refractivity contribution >= 4 is 5.91 Å². The van der Waals surface area contributed by atoms with E-state index in [1.165, 1.54) is 36.9 Å². The van der Waals surface area contributed by atoms with E-state index in [9.17, 15) is 18.0 Å². The third kappa shape index (κ3) is 3.64. The Morgan fingerprint density at radius 3 is 2.61 bits per heavy atom. The van der Waals surface area contributed by atoms with E-state index in [1.54, 1.807) is 0 Å². The number of hydrogen-bond donors (Lipinski definition) is 0. The predicted molar refractivity (Wildman–Crippen MR) is 76.1 cm³/mol. The molecule has 0 N–H and O–H groups in total. The topological polar surface area (TPSA) is 53.3 Å². The van der Waals surface area contributed by atoms with E-state index in [0.29, 0.717) is 0 Å². The van der Waals surface area contributed by atoms with Crippen LogP contribution in [0.2, 0.25) is 0 Å². The largest absolute Gasteiger partial charge is 0.416 e. The lowest BCUT2D eigenvalue weighted by atomic mass is 9.92. The molecule has 23 heavy (non-hydrogen) atoms. The van der Waals surface area contributed by atoms with Gasteiger partial charge < -0.3 is 9.64 Å². The van der Waals surface area contributed by atoms with E-state index in [1.807, 2.05) is 6.07 Å². The highest BCUT2D eigenvalue weighted by atomic mass is 19.4. The molecule has 1 aromatic rings. The number of ether oxygens (including phenoxy) is 1. The molecular formula is C16H17F3N2O2. The average molecular weight is 326 g/mol. The maximum absolute atomic E-state index is 13.1. The molecule has 0 radical (unpaired) electrons. The molecule has 1 saturated heterocycles. The quantitative estimate of drug-likeness (QED) is 0.839. The molecule has 0 saturated carbocycles. The number of carbonyl (C=O) groups is 1. The molecule has 1 amide bonds. The van der Waals surface area contributed by atoms with E-state index in [4.69, 9.17) is 10.00 Å². The number of rotatable bonds is 2. The summed E-state index contributed by atoms with van der Waals surface area (Å²) in [5.74, 6) is -0.405. The molecule has 124 valence electrons. The maximum Gasteiger partial charge on any atom is 0.416 e. The number of morpholine rings is 1. The van der Waals surface area contributed by atoms with Crippen LogP contribution >= 0.6 is 0 Å². The summed E-state index contributed by atoms with van der Waals surface area (Å²) in [6.07, 6.45) is -5.35. The van der Waals surface area contributed by atoms with Crippen LogP contribution in [-0.2, 0) is 15.7 Å². The lowest BCUT2D eigenvalue weighted by Gasteiger charge is -2.36. The van der Waals surface area contributed by atoms with Crippen LogP contribution in [0, 0.1) is 16.7 Å². The summed E-state index contributed by atoms with van der Waals surface area (Å²) in [7, 11) is 0. The first-order valence-corrected chi connectivity index (χ1v) is 7.15. The Bertz CT molecular complexity index is 635. The molecule has 2 rings (SSSR count). The minimum absolute atomic E-state index is 0.00294. The molecule has 1 aromatic carbocycles. The average Bonchev–Trinajstić information content (AvgIpc) is 2.53. The Kier molecular flexibility index (Phi) is 4.66. The lowest BCUT2D eigenvalue weighted by Crippen LogP contribution is -2.47. The van der Waals surface area contributed by atoms with Gasteiger partial charge in [0.05, 0.1) is 24.8 Å². The van der Waals surface area contributed by atoms with Gasteiger partial charge in [0, 0.05) is 6.54 Å². The number of alkyl halides is 3. The first-order valence-electron chi connectivity index (χ1n) is 7.15. The Morgan fingerprint density at radius 2 is 2.00 bits per heavy atom. The molecule has 0 bridgehead atoms. The minimum Gasteiger partial charge on any atom is -0.370 e. The Morgan fingerprint density at radius 1 is 1.35 bits per heavy atom. The van der Waals surface area contributed by atoms with Crippen LogP contribution in [0.4, 0.5) is 13.2 Å². The third-order valence-corrected chi connectivity index (χ3v) is 3.78. The van der Waals surface area contributed by atoms with Crippen LogP contribution in [0.15, 0.2) is 24.3 Å². The lowest BCUT2D eigenvalue weighted by molar-refractivity contribution is -0.147.